The highest BCUT2D eigenvalue weighted by molar-refractivity contribution is 7.86. The number of anilines is 1. The van der Waals surface area contributed by atoms with E-state index in [1.807, 2.05) is 6.07 Å². The Bertz CT molecular complexity index is 1510. The number of aromatic amines is 1. The number of benzene rings is 2. The molecule has 12 nitrogen and oxygen atoms in total. The van der Waals surface area contributed by atoms with Crippen molar-refractivity contribution in [1.82, 2.24) is 20.6 Å². The van der Waals surface area contributed by atoms with Crippen molar-refractivity contribution >= 4 is 55.2 Å². The summed E-state index contributed by atoms with van der Waals surface area (Å²) in [7, 11) is -9.30. The minimum atomic E-state index is -4.70. The molecule has 0 aliphatic heterocycles. The number of aromatic nitrogens is 4. The lowest BCUT2D eigenvalue weighted by molar-refractivity contribution is 0.480. The van der Waals surface area contributed by atoms with Crippen LogP contribution in [-0.4, -0.2) is 46.6 Å². The van der Waals surface area contributed by atoms with Gasteiger partial charge in [0.1, 0.15) is 21.4 Å². The second-order valence-electron chi connectivity index (χ2n) is 6.27. The molecule has 0 unspecified atom stereocenters. The molecular weight excluding hydrogens is 496 g/mol. The zero-order valence-electron chi connectivity index (χ0n) is 16.2. The van der Waals surface area contributed by atoms with Crippen LogP contribution in [0.4, 0.5) is 5.69 Å². The van der Waals surface area contributed by atoms with Crippen LogP contribution in [0.2, 0.25) is 5.02 Å². The maximum Gasteiger partial charge on any atom is 0.295 e. The summed E-state index contributed by atoms with van der Waals surface area (Å²) in [6.45, 7) is 0. The average Bonchev–Trinajstić information content (AvgIpc) is 3.27. The van der Waals surface area contributed by atoms with Gasteiger partial charge in [0.25, 0.3) is 20.2 Å². The summed E-state index contributed by atoms with van der Waals surface area (Å²) < 4.78 is 66.1. The number of halogens is 1. The third kappa shape index (κ3) is 6.00. The zero-order chi connectivity index (χ0) is 24.2. The van der Waals surface area contributed by atoms with Crippen molar-refractivity contribution in [3.63, 3.8) is 0 Å². The van der Waals surface area contributed by atoms with E-state index < -0.39 is 30.0 Å². The first kappa shape index (κ1) is 24.0. The molecule has 1 heterocycles. The molecule has 1 aromatic heterocycles. The molecule has 3 rings (SSSR count). The maximum atomic E-state index is 11.9. The van der Waals surface area contributed by atoms with Crippen LogP contribution in [0.3, 0.4) is 0 Å². The SMILES string of the molecule is N#CC(=CNc1ccc(C=Cc2ccc(Cl)cc2S(=O)(=O)O)c(S(=O)(=O)O)c1)c1nn[nH]n1. The summed E-state index contributed by atoms with van der Waals surface area (Å²) in [5.74, 6) is 0.0113. The molecular formula is C18H13ClN6O6S2. The molecule has 15 heteroatoms. The van der Waals surface area contributed by atoms with Gasteiger partial charge in [0.05, 0.1) is 0 Å². The lowest BCUT2D eigenvalue weighted by Crippen LogP contribution is -2.03. The molecule has 3 aromatic rings. The minimum absolute atomic E-state index is 0.00149. The predicted molar refractivity (Wildman–Crippen MR) is 118 cm³/mol. The highest BCUT2D eigenvalue weighted by atomic mass is 35.5. The van der Waals surface area contributed by atoms with E-state index in [9.17, 15) is 31.2 Å². The highest BCUT2D eigenvalue weighted by Gasteiger charge is 2.17. The monoisotopic (exact) mass is 508 g/mol. The van der Waals surface area contributed by atoms with E-state index in [1.165, 1.54) is 42.6 Å². The van der Waals surface area contributed by atoms with E-state index >= 15 is 0 Å². The van der Waals surface area contributed by atoms with Gasteiger partial charge in [0.2, 0.25) is 5.82 Å². The number of H-pyrrole nitrogens is 1. The Morgan fingerprint density at radius 3 is 2.18 bits per heavy atom. The lowest BCUT2D eigenvalue weighted by atomic mass is 10.1. The molecule has 2 aromatic carbocycles. The summed E-state index contributed by atoms with van der Waals surface area (Å²) in [6.07, 6.45) is 3.69. The number of rotatable bonds is 7. The van der Waals surface area contributed by atoms with E-state index in [4.69, 9.17) is 11.6 Å². The summed E-state index contributed by atoms with van der Waals surface area (Å²) in [5.41, 5.74) is 0.247. The smallest absolute Gasteiger partial charge is 0.295 e. The van der Waals surface area contributed by atoms with Crippen molar-refractivity contribution in [2.75, 3.05) is 5.32 Å². The first-order chi connectivity index (χ1) is 15.5. The van der Waals surface area contributed by atoms with Gasteiger partial charge in [-0.2, -0.15) is 27.3 Å². The van der Waals surface area contributed by atoms with Crippen molar-refractivity contribution in [1.29, 1.82) is 5.26 Å². The first-order valence-corrected chi connectivity index (χ1v) is 11.9. The van der Waals surface area contributed by atoms with Crippen LogP contribution in [0.5, 0.6) is 0 Å². The zero-order valence-corrected chi connectivity index (χ0v) is 18.6. The fourth-order valence-electron chi connectivity index (χ4n) is 2.61. The summed E-state index contributed by atoms with van der Waals surface area (Å²) in [4.78, 5) is -0.980. The summed E-state index contributed by atoms with van der Waals surface area (Å²) >= 11 is 5.78. The standard InChI is InChI=1S/C18H13ClN6O6S2/c19-14-5-3-11(16(7-14)32(26,27)28)1-2-12-4-6-15(8-17(12)33(29,30)31)21-10-13(9-20)18-22-24-25-23-18/h1-8,10,21H,(H,26,27,28)(H,29,30,31)(H,22,23,24,25). The van der Waals surface area contributed by atoms with E-state index in [-0.39, 0.29) is 33.2 Å². The van der Waals surface area contributed by atoms with Gasteiger partial charge in [-0.3, -0.25) is 9.11 Å². The van der Waals surface area contributed by atoms with E-state index in [2.05, 4.69) is 25.9 Å². The second-order valence-corrected chi connectivity index (χ2v) is 9.48. The van der Waals surface area contributed by atoms with Crippen LogP contribution >= 0.6 is 11.6 Å². The number of nitriles is 1. The van der Waals surface area contributed by atoms with E-state index in [0.717, 1.165) is 12.1 Å². The fraction of sp³-hybridized carbons (Fsp3) is 0. The second kappa shape index (κ2) is 9.48. The third-order valence-electron chi connectivity index (χ3n) is 4.08. The van der Waals surface area contributed by atoms with Gasteiger partial charge >= 0.3 is 0 Å². The Balaban J connectivity index is 1.99. The van der Waals surface area contributed by atoms with Crippen molar-refractivity contribution < 1.29 is 25.9 Å². The Kier molecular flexibility index (Phi) is 6.91. The number of hydrogen-bond acceptors (Lipinski definition) is 9. The van der Waals surface area contributed by atoms with Gasteiger partial charge < -0.3 is 5.32 Å². The van der Waals surface area contributed by atoms with Crippen LogP contribution in [0.1, 0.15) is 17.0 Å². The molecule has 0 saturated heterocycles. The Labute approximate surface area is 192 Å². The molecule has 170 valence electrons. The van der Waals surface area contributed by atoms with Gasteiger partial charge in [-0.15, -0.1) is 10.2 Å². The molecule has 4 N–H and O–H groups in total. The van der Waals surface area contributed by atoms with Gasteiger partial charge in [-0.25, -0.2) is 0 Å². The molecule has 0 aliphatic rings. The van der Waals surface area contributed by atoms with Crippen LogP contribution in [0.15, 0.2) is 52.4 Å². The van der Waals surface area contributed by atoms with Crippen LogP contribution in [-0.2, 0) is 20.2 Å². The third-order valence-corrected chi connectivity index (χ3v) is 6.13. The summed E-state index contributed by atoms with van der Waals surface area (Å²) in [6, 6.07) is 9.46. The van der Waals surface area contributed by atoms with E-state index in [0.29, 0.717) is 0 Å². The number of nitrogens with zero attached hydrogens (tertiary/aromatic N) is 4. The fourth-order valence-corrected chi connectivity index (χ4v) is 4.27. The Morgan fingerprint density at radius 1 is 1.03 bits per heavy atom. The number of allylic oxidation sites excluding steroid dienone is 1. The van der Waals surface area contributed by atoms with Crippen molar-refractivity contribution in [3.8, 4) is 6.07 Å². The molecule has 0 radical (unpaired) electrons. The predicted octanol–water partition coefficient (Wildman–Crippen LogP) is 2.49. The Morgan fingerprint density at radius 2 is 1.64 bits per heavy atom. The van der Waals surface area contributed by atoms with Gasteiger partial charge in [0.15, 0.2) is 0 Å². The summed E-state index contributed by atoms with van der Waals surface area (Å²) in [5, 5.41) is 24.8. The number of nitrogens with one attached hydrogen (secondary N) is 2. The number of hydrogen-bond donors (Lipinski definition) is 4. The van der Waals surface area contributed by atoms with Crippen LogP contribution in [0.25, 0.3) is 17.7 Å². The molecule has 33 heavy (non-hydrogen) atoms. The molecule has 0 fully saturated rings. The first-order valence-electron chi connectivity index (χ1n) is 8.66. The van der Waals surface area contributed by atoms with Gasteiger partial charge in [-0.05, 0) is 40.6 Å². The molecule has 0 amide bonds. The molecule has 0 bridgehead atoms. The minimum Gasteiger partial charge on any atom is -0.360 e. The lowest BCUT2D eigenvalue weighted by Gasteiger charge is -2.08. The Hall–Kier alpha value is -3.61. The van der Waals surface area contributed by atoms with Gasteiger partial charge in [-0.1, -0.05) is 35.9 Å². The van der Waals surface area contributed by atoms with Crippen LogP contribution in [0, 0.1) is 11.3 Å². The van der Waals surface area contributed by atoms with Crippen LogP contribution < -0.4 is 5.32 Å². The molecule has 0 atom stereocenters. The number of tetrazole rings is 1. The quantitative estimate of drug-likeness (QED) is 0.207. The molecule has 0 aliphatic carbocycles. The molecule has 0 saturated carbocycles. The highest BCUT2D eigenvalue weighted by Crippen LogP contribution is 2.26. The van der Waals surface area contributed by atoms with Crippen molar-refractivity contribution in [2.24, 2.45) is 0 Å². The average molecular weight is 509 g/mol. The molecule has 0 spiro atoms. The van der Waals surface area contributed by atoms with E-state index in [1.54, 1.807) is 0 Å². The largest absolute Gasteiger partial charge is 0.360 e. The van der Waals surface area contributed by atoms with Crippen molar-refractivity contribution in [3.05, 3.63) is 64.6 Å². The normalized spacial score (nSPS) is 12.6. The topological polar surface area (TPSA) is 199 Å². The maximum absolute atomic E-state index is 11.9. The van der Waals surface area contributed by atoms with Crippen molar-refractivity contribution in [2.45, 2.75) is 9.79 Å². The van der Waals surface area contributed by atoms with Gasteiger partial charge in [0, 0.05) is 16.9 Å².